The largest absolute Gasteiger partial charge is 0.317 e. The summed E-state index contributed by atoms with van der Waals surface area (Å²) >= 11 is 0. The van der Waals surface area contributed by atoms with Crippen molar-refractivity contribution in [3.8, 4) is 5.69 Å². The summed E-state index contributed by atoms with van der Waals surface area (Å²) < 4.78 is 14.8. The molecule has 0 atom stereocenters. The highest BCUT2D eigenvalue weighted by Gasteiger charge is 2.04. The van der Waals surface area contributed by atoms with Gasteiger partial charge in [0, 0.05) is 17.4 Å². The number of fused-ring (bicyclic) bond motifs is 1. The highest BCUT2D eigenvalue weighted by molar-refractivity contribution is 5.88. The zero-order valence-corrected chi connectivity index (χ0v) is 9.51. The molecule has 0 radical (unpaired) electrons. The lowest BCUT2D eigenvalue weighted by atomic mass is 10.2. The van der Waals surface area contributed by atoms with Gasteiger partial charge in [-0.1, -0.05) is 12.1 Å². The number of aromatic nitrogens is 1. The van der Waals surface area contributed by atoms with Gasteiger partial charge in [-0.05, 0) is 41.8 Å². The van der Waals surface area contributed by atoms with Crippen molar-refractivity contribution in [2.45, 2.75) is 0 Å². The molecular weight excluding hydrogens is 229 g/mol. The van der Waals surface area contributed by atoms with Crippen molar-refractivity contribution in [1.29, 1.82) is 0 Å². The molecule has 0 aliphatic heterocycles. The highest BCUT2D eigenvalue weighted by atomic mass is 19.1. The Morgan fingerprint density at radius 1 is 1.00 bits per heavy atom. The number of hydrogen-bond acceptors (Lipinski definition) is 1. The summed E-state index contributed by atoms with van der Waals surface area (Å²) in [5.41, 5.74) is 2.44. The monoisotopic (exact) mass is 239 g/mol. The van der Waals surface area contributed by atoms with Crippen molar-refractivity contribution in [3.05, 3.63) is 66.1 Å². The minimum Gasteiger partial charge on any atom is -0.317 e. The van der Waals surface area contributed by atoms with Crippen LogP contribution in [-0.4, -0.2) is 10.9 Å². The lowest BCUT2D eigenvalue weighted by molar-refractivity contribution is 0.112. The molecule has 2 nitrogen and oxygen atoms in total. The van der Waals surface area contributed by atoms with Crippen LogP contribution in [0.2, 0.25) is 0 Å². The summed E-state index contributed by atoms with van der Waals surface area (Å²) in [5, 5.41) is 1.05. The standard InChI is InChI=1S/C15H10FNO/c16-13-3-5-14(6-4-13)17-8-7-12-2-1-11(10-18)9-15(12)17/h1-10H. The number of carbonyl (C=O) groups is 1. The van der Waals surface area contributed by atoms with Crippen molar-refractivity contribution in [3.63, 3.8) is 0 Å². The third-order valence-corrected chi connectivity index (χ3v) is 2.96. The van der Waals surface area contributed by atoms with E-state index in [1.165, 1.54) is 12.1 Å². The smallest absolute Gasteiger partial charge is 0.150 e. The third kappa shape index (κ3) is 1.70. The minimum atomic E-state index is -0.260. The Morgan fingerprint density at radius 2 is 1.78 bits per heavy atom. The first kappa shape index (κ1) is 10.7. The molecule has 0 saturated carbocycles. The molecule has 88 valence electrons. The van der Waals surface area contributed by atoms with E-state index in [-0.39, 0.29) is 5.82 Å². The van der Waals surface area contributed by atoms with Crippen LogP contribution in [0.3, 0.4) is 0 Å². The van der Waals surface area contributed by atoms with Crippen molar-refractivity contribution in [2.75, 3.05) is 0 Å². The average Bonchev–Trinajstić information content (AvgIpc) is 2.82. The molecule has 1 aromatic heterocycles. The van der Waals surface area contributed by atoms with Crippen LogP contribution in [0.5, 0.6) is 0 Å². The Hall–Kier alpha value is -2.42. The van der Waals surface area contributed by atoms with Crippen LogP contribution in [-0.2, 0) is 0 Å². The molecule has 3 rings (SSSR count). The van der Waals surface area contributed by atoms with Crippen molar-refractivity contribution in [2.24, 2.45) is 0 Å². The predicted octanol–water partition coefficient (Wildman–Crippen LogP) is 3.58. The minimum absolute atomic E-state index is 0.260. The second-order valence-electron chi connectivity index (χ2n) is 4.10. The molecule has 0 bridgehead atoms. The third-order valence-electron chi connectivity index (χ3n) is 2.96. The van der Waals surface area contributed by atoms with Crippen molar-refractivity contribution >= 4 is 17.2 Å². The summed E-state index contributed by atoms with van der Waals surface area (Å²) in [6.45, 7) is 0. The molecule has 0 saturated heterocycles. The predicted molar refractivity (Wildman–Crippen MR) is 68.6 cm³/mol. The van der Waals surface area contributed by atoms with Crippen molar-refractivity contribution in [1.82, 2.24) is 4.57 Å². The van der Waals surface area contributed by atoms with E-state index in [9.17, 15) is 9.18 Å². The van der Waals surface area contributed by atoms with Crippen molar-refractivity contribution < 1.29 is 9.18 Å². The second-order valence-corrected chi connectivity index (χ2v) is 4.10. The maximum Gasteiger partial charge on any atom is 0.150 e. The summed E-state index contributed by atoms with van der Waals surface area (Å²) in [4.78, 5) is 10.8. The molecule has 3 heteroatoms. The van der Waals surface area contributed by atoms with E-state index in [2.05, 4.69) is 0 Å². The number of aldehydes is 1. The average molecular weight is 239 g/mol. The van der Waals surface area contributed by atoms with Gasteiger partial charge in [0.2, 0.25) is 0 Å². The van der Waals surface area contributed by atoms with Crippen LogP contribution in [0.15, 0.2) is 54.7 Å². The van der Waals surface area contributed by atoms with Gasteiger partial charge in [-0.3, -0.25) is 4.79 Å². The molecule has 0 aliphatic carbocycles. The van der Waals surface area contributed by atoms with Gasteiger partial charge in [-0.15, -0.1) is 0 Å². The number of hydrogen-bond donors (Lipinski definition) is 0. The molecule has 0 N–H and O–H groups in total. The lowest BCUT2D eigenvalue weighted by Crippen LogP contribution is -1.92. The SMILES string of the molecule is O=Cc1ccc2ccn(-c3ccc(F)cc3)c2c1. The fraction of sp³-hybridized carbons (Fsp3) is 0. The molecule has 0 aliphatic rings. The maximum atomic E-state index is 12.9. The molecule has 1 heterocycles. The zero-order valence-electron chi connectivity index (χ0n) is 9.51. The molecule has 0 amide bonds. The van der Waals surface area contributed by atoms with Crippen LogP contribution < -0.4 is 0 Å². The quantitative estimate of drug-likeness (QED) is 0.626. The topological polar surface area (TPSA) is 22.0 Å². The van der Waals surface area contributed by atoms with Gasteiger partial charge in [0.1, 0.15) is 12.1 Å². The van der Waals surface area contributed by atoms with E-state index in [0.29, 0.717) is 5.56 Å². The second kappa shape index (κ2) is 4.11. The van der Waals surface area contributed by atoms with Gasteiger partial charge in [0.15, 0.2) is 0 Å². The fourth-order valence-electron chi connectivity index (χ4n) is 2.05. The van der Waals surface area contributed by atoms with Crippen LogP contribution >= 0.6 is 0 Å². The van der Waals surface area contributed by atoms with Gasteiger partial charge in [-0.2, -0.15) is 0 Å². The van der Waals surface area contributed by atoms with E-state index in [0.717, 1.165) is 22.9 Å². The first-order chi connectivity index (χ1) is 8.78. The Balaban J connectivity index is 2.22. The summed E-state index contributed by atoms with van der Waals surface area (Å²) in [6, 6.07) is 13.7. The number of nitrogens with zero attached hydrogens (tertiary/aromatic N) is 1. The molecule has 3 aromatic rings. The molecule has 0 fully saturated rings. The molecule has 18 heavy (non-hydrogen) atoms. The highest BCUT2D eigenvalue weighted by Crippen LogP contribution is 2.21. The summed E-state index contributed by atoms with van der Waals surface area (Å²) in [5.74, 6) is -0.260. The van der Waals surface area contributed by atoms with Crippen LogP contribution in [0.4, 0.5) is 4.39 Å². The lowest BCUT2D eigenvalue weighted by Gasteiger charge is -2.05. The van der Waals surface area contributed by atoms with Gasteiger partial charge in [0.25, 0.3) is 0 Å². The number of carbonyl (C=O) groups excluding carboxylic acids is 1. The Bertz CT molecular complexity index is 713. The van der Waals surface area contributed by atoms with E-state index < -0.39 is 0 Å². The van der Waals surface area contributed by atoms with Crippen LogP contribution in [0.25, 0.3) is 16.6 Å². The first-order valence-corrected chi connectivity index (χ1v) is 5.60. The summed E-state index contributed by atoms with van der Waals surface area (Å²) in [7, 11) is 0. The fourth-order valence-corrected chi connectivity index (χ4v) is 2.05. The van der Waals surface area contributed by atoms with Gasteiger partial charge in [-0.25, -0.2) is 4.39 Å². The number of benzene rings is 2. The normalized spacial score (nSPS) is 10.7. The number of rotatable bonds is 2. The summed E-state index contributed by atoms with van der Waals surface area (Å²) in [6.07, 6.45) is 2.73. The van der Waals surface area contributed by atoms with Gasteiger partial charge < -0.3 is 4.57 Å². The Kier molecular flexibility index (Phi) is 2.45. The van der Waals surface area contributed by atoms with E-state index in [4.69, 9.17) is 0 Å². The van der Waals surface area contributed by atoms with Gasteiger partial charge >= 0.3 is 0 Å². The number of halogens is 1. The Labute approximate surface area is 103 Å². The van der Waals surface area contributed by atoms with E-state index in [1.807, 2.05) is 29.0 Å². The van der Waals surface area contributed by atoms with E-state index in [1.54, 1.807) is 18.2 Å². The zero-order chi connectivity index (χ0) is 12.5. The van der Waals surface area contributed by atoms with Crippen LogP contribution in [0, 0.1) is 5.82 Å². The molecule has 0 unspecified atom stereocenters. The molecular formula is C15H10FNO. The molecule has 0 spiro atoms. The Morgan fingerprint density at radius 3 is 2.50 bits per heavy atom. The molecule has 2 aromatic carbocycles. The van der Waals surface area contributed by atoms with Crippen LogP contribution in [0.1, 0.15) is 10.4 Å². The van der Waals surface area contributed by atoms with E-state index >= 15 is 0 Å². The first-order valence-electron chi connectivity index (χ1n) is 5.60. The van der Waals surface area contributed by atoms with Gasteiger partial charge in [0.05, 0.1) is 5.52 Å². The maximum absolute atomic E-state index is 12.9.